The van der Waals surface area contributed by atoms with Crippen LogP contribution in [0.15, 0.2) is 17.0 Å². The third-order valence-corrected chi connectivity index (χ3v) is 3.25. The van der Waals surface area contributed by atoms with Crippen LogP contribution >= 0.6 is 23.2 Å². The second kappa shape index (κ2) is 3.75. The van der Waals surface area contributed by atoms with Crippen LogP contribution in [-0.4, -0.2) is 8.42 Å². The average Bonchev–Trinajstić information content (AvgIpc) is 2.02. The molecule has 0 aliphatic rings. The van der Waals surface area contributed by atoms with Gasteiger partial charge in [-0.05, 0) is 12.1 Å². The molecule has 0 heterocycles. The highest BCUT2D eigenvalue weighted by Gasteiger charge is 2.17. The molecule has 74 valence electrons. The zero-order valence-corrected chi connectivity index (χ0v) is 8.99. The SMILES string of the molecule is N#Cc1c(Cl)ccc(S(N)(=O)=O)c1Cl. The first-order valence-electron chi connectivity index (χ1n) is 3.29. The van der Waals surface area contributed by atoms with Crippen molar-refractivity contribution in [1.29, 1.82) is 5.26 Å². The Kier molecular flexibility index (Phi) is 3.02. The van der Waals surface area contributed by atoms with Gasteiger partial charge in [-0.1, -0.05) is 23.2 Å². The van der Waals surface area contributed by atoms with Crippen LogP contribution in [0, 0.1) is 11.3 Å². The molecule has 0 aliphatic carbocycles. The van der Waals surface area contributed by atoms with E-state index in [4.69, 9.17) is 33.6 Å². The van der Waals surface area contributed by atoms with Gasteiger partial charge in [0.2, 0.25) is 10.0 Å². The molecule has 0 fully saturated rings. The minimum absolute atomic E-state index is 0.0879. The van der Waals surface area contributed by atoms with Crippen LogP contribution in [0.1, 0.15) is 5.56 Å². The van der Waals surface area contributed by atoms with Gasteiger partial charge in [-0.3, -0.25) is 0 Å². The van der Waals surface area contributed by atoms with Crippen LogP contribution in [-0.2, 0) is 10.0 Å². The maximum Gasteiger partial charge on any atom is 0.239 e. The van der Waals surface area contributed by atoms with E-state index < -0.39 is 10.0 Å². The van der Waals surface area contributed by atoms with E-state index in [9.17, 15) is 8.42 Å². The quantitative estimate of drug-likeness (QED) is 0.820. The zero-order chi connectivity index (χ0) is 10.9. The normalized spacial score (nSPS) is 11.0. The summed E-state index contributed by atoms with van der Waals surface area (Å²) in [5, 5.41) is 13.3. The van der Waals surface area contributed by atoms with Crippen molar-refractivity contribution in [2.45, 2.75) is 4.90 Å². The lowest BCUT2D eigenvalue weighted by atomic mass is 10.2. The number of nitrogens with zero attached hydrogens (tertiary/aromatic N) is 1. The van der Waals surface area contributed by atoms with Crippen LogP contribution < -0.4 is 5.14 Å². The van der Waals surface area contributed by atoms with Gasteiger partial charge in [-0.15, -0.1) is 0 Å². The largest absolute Gasteiger partial charge is 0.239 e. The first kappa shape index (κ1) is 11.3. The summed E-state index contributed by atoms with van der Waals surface area (Å²) in [4.78, 5) is -0.305. The predicted octanol–water partition coefficient (Wildman–Crippen LogP) is 1.51. The first-order valence-corrected chi connectivity index (χ1v) is 5.59. The molecule has 0 atom stereocenters. The van der Waals surface area contributed by atoms with E-state index in [1.54, 1.807) is 6.07 Å². The van der Waals surface area contributed by atoms with Gasteiger partial charge < -0.3 is 0 Å². The Morgan fingerprint density at radius 2 is 1.93 bits per heavy atom. The standard InChI is InChI=1S/C7H4Cl2N2O2S/c8-5-1-2-6(14(11,12)13)7(9)4(5)3-10/h1-2H,(H2,11,12,13). The van der Waals surface area contributed by atoms with Crippen LogP contribution in [0.4, 0.5) is 0 Å². The van der Waals surface area contributed by atoms with Gasteiger partial charge in [0.1, 0.15) is 11.0 Å². The highest BCUT2D eigenvalue weighted by molar-refractivity contribution is 7.89. The Bertz CT molecular complexity index is 519. The third kappa shape index (κ3) is 1.99. The molecule has 7 heteroatoms. The molecule has 4 nitrogen and oxygen atoms in total. The first-order chi connectivity index (χ1) is 6.38. The van der Waals surface area contributed by atoms with Crippen molar-refractivity contribution >= 4 is 33.2 Å². The number of nitriles is 1. The van der Waals surface area contributed by atoms with Gasteiger partial charge in [-0.2, -0.15) is 5.26 Å². The molecule has 0 radical (unpaired) electrons. The van der Waals surface area contributed by atoms with Crippen molar-refractivity contribution in [3.63, 3.8) is 0 Å². The van der Waals surface area contributed by atoms with Gasteiger partial charge in [0.25, 0.3) is 0 Å². The molecule has 0 saturated heterocycles. The van der Waals surface area contributed by atoms with E-state index >= 15 is 0 Å². The van der Waals surface area contributed by atoms with Crippen LogP contribution in [0.3, 0.4) is 0 Å². The molecule has 0 spiro atoms. The van der Waals surface area contributed by atoms with Crippen molar-refractivity contribution in [3.05, 3.63) is 27.7 Å². The Morgan fingerprint density at radius 1 is 1.36 bits per heavy atom. The maximum absolute atomic E-state index is 11.0. The van der Waals surface area contributed by atoms with Crippen LogP contribution in [0.25, 0.3) is 0 Å². The second-order valence-corrected chi connectivity index (χ2v) is 4.71. The lowest BCUT2D eigenvalue weighted by Crippen LogP contribution is -2.13. The monoisotopic (exact) mass is 250 g/mol. The molecule has 0 unspecified atom stereocenters. The number of hydrogen-bond donors (Lipinski definition) is 1. The maximum atomic E-state index is 11.0. The van der Waals surface area contributed by atoms with Gasteiger partial charge in [0.15, 0.2) is 0 Å². The summed E-state index contributed by atoms with van der Waals surface area (Å²) in [7, 11) is -3.92. The van der Waals surface area contributed by atoms with Gasteiger partial charge in [0.05, 0.1) is 15.6 Å². The smallest absolute Gasteiger partial charge is 0.225 e. The van der Waals surface area contributed by atoms with Crippen molar-refractivity contribution < 1.29 is 8.42 Å². The van der Waals surface area contributed by atoms with E-state index in [0.717, 1.165) is 6.07 Å². The Hall–Kier alpha value is -0.800. The molecule has 1 rings (SSSR count). The highest BCUT2D eigenvalue weighted by Crippen LogP contribution is 2.29. The minimum Gasteiger partial charge on any atom is -0.225 e. The summed E-state index contributed by atoms with van der Waals surface area (Å²) in [6.07, 6.45) is 0. The number of nitrogens with two attached hydrogens (primary N) is 1. The topological polar surface area (TPSA) is 83.9 Å². The van der Waals surface area contributed by atoms with Gasteiger partial charge in [0, 0.05) is 0 Å². The molecular weight excluding hydrogens is 247 g/mol. The second-order valence-electron chi connectivity index (χ2n) is 2.39. The fraction of sp³-hybridized carbons (Fsp3) is 0. The molecule has 14 heavy (non-hydrogen) atoms. The van der Waals surface area contributed by atoms with E-state index in [-0.39, 0.29) is 20.5 Å². The molecule has 0 bridgehead atoms. The van der Waals surface area contributed by atoms with E-state index in [1.165, 1.54) is 6.07 Å². The Balaban J connectivity index is 3.62. The van der Waals surface area contributed by atoms with Crippen LogP contribution in [0.5, 0.6) is 0 Å². The Morgan fingerprint density at radius 3 is 2.36 bits per heavy atom. The fourth-order valence-electron chi connectivity index (χ4n) is 0.856. The minimum atomic E-state index is -3.92. The number of halogens is 2. The van der Waals surface area contributed by atoms with E-state index in [0.29, 0.717) is 0 Å². The summed E-state index contributed by atoms with van der Waals surface area (Å²) >= 11 is 11.2. The van der Waals surface area contributed by atoms with Crippen molar-refractivity contribution in [1.82, 2.24) is 0 Å². The predicted molar refractivity (Wildman–Crippen MR) is 52.6 cm³/mol. The third-order valence-electron chi connectivity index (χ3n) is 1.47. The van der Waals surface area contributed by atoms with Crippen molar-refractivity contribution in [2.24, 2.45) is 5.14 Å². The van der Waals surface area contributed by atoms with Crippen molar-refractivity contribution in [3.8, 4) is 6.07 Å². The Labute approximate surface area is 90.9 Å². The molecule has 2 N–H and O–H groups in total. The summed E-state index contributed by atoms with van der Waals surface area (Å²) < 4.78 is 21.9. The lowest BCUT2D eigenvalue weighted by Gasteiger charge is -2.03. The molecule has 0 saturated carbocycles. The molecule has 1 aromatic carbocycles. The summed E-state index contributed by atoms with van der Waals surface area (Å²) in [6.45, 7) is 0. The van der Waals surface area contributed by atoms with Gasteiger partial charge in [-0.25, -0.2) is 13.6 Å². The summed E-state index contributed by atoms with van der Waals surface area (Å²) in [5.41, 5.74) is -0.0974. The molecule has 0 amide bonds. The molecule has 0 aliphatic heterocycles. The molecule has 0 aromatic heterocycles. The van der Waals surface area contributed by atoms with Crippen molar-refractivity contribution in [2.75, 3.05) is 0 Å². The van der Waals surface area contributed by atoms with E-state index in [2.05, 4.69) is 0 Å². The number of rotatable bonds is 1. The fourth-order valence-corrected chi connectivity index (χ4v) is 2.24. The highest BCUT2D eigenvalue weighted by atomic mass is 35.5. The van der Waals surface area contributed by atoms with Crippen LogP contribution in [0.2, 0.25) is 10.0 Å². The number of hydrogen-bond acceptors (Lipinski definition) is 3. The number of sulfonamides is 1. The average molecular weight is 251 g/mol. The number of benzene rings is 1. The molecular formula is C7H4Cl2N2O2S. The zero-order valence-electron chi connectivity index (χ0n) is 6.66. The molecule has 1 aromatic rings. The van der Waals surface area contributed by atoms with Gasteiger partial charge >= 0.3 is 0 Å². The van der Waals surface area contributed by atoms with E-state index in [1.807, 2.05) is 0 Å². The lowest BCUT2D eigenvalue weighted by molar-refractivity contribution is 0.598. The summed E-state index contributed by atoms with van der Waals surface area (Å²) in [5.74, 6) is 0. The summed E-state index contributed by atoms with van der Waals surface area (Å²) in [6, 6.07) is 4.10. The number of primary sulfonamides is 1.